The van der Waals surface area contributed by atoms with Crippen molar-refractivity contribution in [3.05, 3.63) is 81.5 Å². The van der Waals surface area contributed by atoms with Crippen molar-refractivity contribution < 1.29 is 9.59 Å². The summed E-state index contributed by atoms with van der Waals surface area (Å²) in [7, 11) is 0. The molecule has 1 heterocycles. The van der Waals surface area contributed by atoms with Gasteiger partial charge in [-0.2, -0.15) is 11.3 Å². The Morgan fingerprint density at radius 1 is 0.833 bits per heavy atom. The van der Waals surface area contributed by atoms with Crippen molar-refractivity contribution in [2.45, 2.75) is 0 Å². The summed E-state index contributed by atoms with van der Waals surface area (Å²) in [6.45, 7) is 0. The second-order valence-electron chi connectivity index (χ2n) is 4.95. The van der Waals surface area contributed by atoms with E-state index in [9.17, 15) is 9.59 Å². The molecule has 0 saturated carbocycles. The van der Waals surface area contributed by atoms with Gasteiger partial charge in [0.25, 0.3) is 11.8 Å². The van der Waals surface area contributed by atoms with Crippen LogP contribution < -0.4 is 10.6 Å². The predicted octanol–water partition coefficient (Wildman–Crippen LogP) is 4.91. The minimum atomic E-state index is -0.343. The lowest BCUT2D eigenvalue weighted by Crippen LogP contribution is -2.18. The van der Waals surface area contributed by atoms with E-state index in [4.69, 9.17) is 11.6 Å². The van der Waals surface area contributed by atoms with Crippen LogP contribution >= 0.6 is 22.9 Å². The van der Waals surface area contributed by atoms with E-state index in [1.807, 2.05) is 5.38 Å². The normalized spacial score (nSPS) is 10.2. The minimum Gasteiger partial charge on any atom is -0.321 e. The molecule has 0 spiro atoms. The molecule has 3 rings (SSSR count). The number of anilines is 2. The first-order valence-corrected chi connectivity index (χ1v) is 8.45. The molecule has 1 aromatic heterocycles. The third-order valence-electron chi connectivity index (χ3n) is 3.33. The zero-order valence-corrected chi connectivity index (χ0v) is 14.0. The zero-order chi connectivity index (χ0) is 16.9. The fourth-order valence-corrected chi connectivity index (χ4v) is 2.95. The molecule has 4 nitrogen and oxygen atoms in total. The topological polar surface area (TPSA) is 58.2 Å². The molecule has 0 atom stereocenters. The highest BCUT2D eigenvalue weighted by molar-refractivity contribution is 7.08. The van der Waals surface area contributed by atoms with E-state index >= 15 is 0 Å². The third-order valence-corrected chi connectivity index (χ3v) is 4.34. The fourth-order valence-electron chi connectivity index (χ4n) is 2.13. The molecule has 2 N–H and O–H groups in total. The number of rotatable bonds is 4. The van der Waals surface area contributed by atoms with E-state index in [0.29, 0.717) is 27.5 Å². The second-order valence-corrected chi connectivity index (χ2v) is 6.13. The van der Waals surface area contributed by atoms with Gasteiger partial charge in [0.05, 0.1) is 27.5 Å². The molecule has 2 aromatic carbocycles. The van der Waals surface area contributed by atoms with Gasteiger partial charge in [-0.1, -0.05) is 35.9 Å². The van der Waals surface area contributed by atoms with E-state index in [1.165, 1.54) is 11.3 Å². The van der Waals surface area contributed by atoms with Gasteiger partial charge < -0.3 is 10.6 Å². The van der Waals surface area contributed by atoms with Gasteiger partial charge in [-0.15, -0.1) is 0 Å². The summed E-state index contributed by atoms with van der Waals surface area (Å²) in [5, 5.41) is 9.55. The predicted molar refractivity (Wildman–Crippen MR) is 98.1 cm³/mol. The Morgan fingerprint density at radius 3 is 2.21 bits per heavy atom. The third kappa shape index (κ3) is 3.64. The summed E-state index contributed by atoms with van der Waals surface area (Å²) in [5.41, 5.74) is 1.88. The van der Waals surface area contributed by atoms with Crippen LogP contribution in [0.4, 0.5) is 11.4 Å². The summed E-state index contributed by atoms with van der Waals surface area (Å²) in [6, 6.07) is 15.5. The first-order chi connectivity index (χ1) is 11.6. The summed E-state index contributed by atoms with van der Waals surface area (Å²) in [5.74, 6) is -0.599. The molecule has 2 amide bonds. The summed E-state index contributed by atoms with van der Waals surface area (Å²) < 4.78 is 0. The first-order valence-electron chi connectivity index (χ1n) is 7.13. The van der Waals surface area contributed by atoms with Gasteiger partial charge in [-0.05, 0) is 35.7 Å². The molecule has 0 aliphatic heterocycles. The Kier molecular flexibility index (Phi) is 4.93. The molecule has 0 radical (unpaired) electrons. The highest BCUT2D eigenvalue weighted by Crippen LogP contribution is 2.23. The lowest BCUT2D eigenvalue weighted by Gasteiger charge is -2.12. The van der Waals surface area contributed by atoms with Gasteiger partial charge in [0.1, 0.15) is 0 Å². The Hall–Kier alpha value is -2.63. The van der Waals surface area contributed by atoms with Gasteiger partial charge in [0, 0.05) is 5.38 Å². The van der Waals surface area contributed by atoms with Crippen molar-refractivity contribution in [3.8, 4) is 0 Å². The van der Waals surface area contributed by atoms with Gasteiger partial charge in [-0.25, -0.2) is 0 Å². The van der Waals surface area contributed by atoms with Gasteiger partial charge in [0.15, 0.2) is 0 Å². The van der Waals surface area contributed by atoms with Crippen LogP contribution in [0.25, 0.3) is 0 Å². The van der Waals surface area contributed by atoms with E-state index in [1.54, 1.807) is 60.0 Å². The van der Waals surface area contributed by atoms with Crippen LogP contribution in [-0.2, 0) is 0 Å². The SMILES string of the molecule is O=C(Nc1ccccc1C(=O)Nc1ccccc1Cl)c1ccsc1. The summed E-state index contributed by atoms with van der Waals surface area (Å²) in [6.07, 6.45) is 0. The van der Waals surface area contributed by atoms with Crippen molar-refractivity contribution in [1.29, 1.82) is 0 Å². The average molecular weight is 357 g/mol. The number of thiophene rings is 1. The molecule has 0 saturated heterocycles. The molecule has 6 heteroatoms. The van der Waals surface area contributed by atoms with Gasteiger partial charge >= 0.3 is 0 Å². The first kappa shape index (κ1) is 16.2. The number of amides is 2. The average Bonchev–Trinajstić information content (AvgIpc) is 3.12. The van der Waals surface area contributed by atoms with Crippen molar-refractivity contribution in [2.75, 3.05) is 10.6 Å². The van der Waals surface area contributed by atoms with Crippen LogP contribution in [0.1, 0.15) is 20.7 Å². The van der Waals surface area contributed by atoms with Crippen LogP contribution in [0.15, 0.2) is 65.4 Å². The standard InChI is InChI=1S/C18H13ClN2O2S/c19-14-6-2-4-8-16(14)21-18(23)13-5-1-3-7-15(13)20-17(22)12-9-10-24-11-12/h1-11H,(H,20,22)(H,21,23). The smallest absolute Gasteiger partial charge is 0.257 e. The molecule has 24 heavy (non-hydrogen) atoms. The molecular formula is C18H13ClN2O2S. The largest absolute Gasteiger partial charge is 0.321 e. The number of halogens is 1. The van der Waals surface area contributed by atoms with Crippen LogP contribution in [-0.4, -0.2) is 11.8 Å². The van der Waals surface area contributed by atoms with Crippen LogP contribution in [0.2, 0.25) is 5.02 Å². The number of benzene rings is 2. The van der Waals surface area contributed by atoms with Gasteiger partial charge in [-0.3, -0.25) is 9.59 Å². The summed E-state index contributed by atoms with van der Waals surface area (Å²) in [4.78, 5) is 24.7. The highest BCUT2D eigenvalue weighted by atomic mass is 35.5. The summed E-state index contributed by atoms with van der Waals surface area (Å²) >= 11 is 7.50. The number of nitrogens with one attached hydrogen (secondary N) is 2. The molecule has 0 fully saturated rings. The Labute approximate surface area is 148 Å². The molecule has 0 bridgehead atoms. The number of hydrogen-bond donors (Lipinski definition) is 2. The molecule has 120 valence electrons. The molecule has 0 aliphatic carbocycles. The number of carbonyl (C=O) groups is 2. The van der Waals surface area contributed by atoms with Crippen LogP contribution in [0.5, 0.6) is 0 Å². The van der Waals surface area contributed by atoms with E-state index < -0.39 is 0 Å². The second kappa shape index (κ2) is 7.29. The molecule has 3 aromatic rings. The minimum absolute atomic E-state index is 0.255. The van der Waals surface area contributed by atoms with E-state index in [0.717, 1.165) is 0 Å². The Morgan fingerprint density at radius 2 is 1.50 bits per heavy atom. The van der Waals surface area contributed by atoms with Crippen molar-refractivity contribution in [2.24, 2.45) is 0 Å². The molecule has 0 aliphatic rings. The van der Waals surface area contributed by atoms with Crippen molar-refractivity contribution >= 4 is 46.1 Å². The number of hydrogen-bond acceptors (Lipinski definition) is 3. The van der Waals surface area contributed by atoms with Crippen molar-refractivity contribution in [1.82, 2.24) is 0 Å². The fraction of sp³-hybridized carbons (Fsp3) is 0. The van der Waals surface area contributed by atoms with E-state index in [-0.39, 0.29) is 11.8 Å². The van der Waals surface area contributed by atoms with Crippen LogP contribution in [0.3, 0.4) is 0 Å². The molecular weight excluding hydrogens is 344 g/mol. The monoisotopic (exact) mass is 356 g/mol. The molecule has 0 unspecified atom stereocenters. The maximum Gasteiger partial charge on any atom is 0.257 e. The maximum atomic E-state index is 12.5. The number of para-hydroxylation sites is 2. The van der Waals surface area contributed by atoms with E-state index in [2.05, 4.69) is 10.6 Å². The Bertz CT molecular complexity index is 878. The Balaban J connectivity index is 1.82. The number of carbonyl (C=O) groups excluding carboxylic acids is 2. The zero-order valence-electron chi connectivity index (χ0n) is 12.5. The maximum absolute atomic E-state index is 12.5. The lowest BCUT2D eigenvalue weighted by molar-refractivity contribution is 0.102. The van der Waals surface area contributed by atoms with Crippen molar-refractivity contribution in [3.63, 3.8) is 0 Å². The van der Waals surface area contributed by atoms with Gasteiger partial charge in [0.2, 0.25) is 0 Å². The van der Waals surface area contributed by atoms with Crippen LogP contribution in [0, 0.1) is 0 Å². The lowest BCUT2D eigenvalue weighted by atomic mass is 10.1. The quantitative estimate of drug-likeness (QED) is 0.698. The highest BCUT2D eigenvalue weighted by Gasteiger charge is 2.15.